The Kier molecular flexibility index (Phi) is 2.26. The number of nitrogens with zero attached hydrogens (tertiary/aromatic N) is 4. The van der Waals surface area contributed by atoms with E-state index in [-0.39, 0.29) is 5.41 Å². The zero-order valence-electron chi connectivity index (χ0n) is 10.7. The van der Waals surface area contributed by atoms with Crippen molar-refractivity contribution in [3.8, 4) is 0 Å². The quantitative estimate of drug-likeness (QED) is 0.565. The Balaban J connectivity index is 2.35. The monoisotopic (exact) mass is 238 g/mol. The van der Waals surface area contributed by atoms with Gasteiger partial charge in [0.15, 0.2) is 0 Å². The molecule has 0 aliphatic heterocycles. The van der Waals surface area contributed by atoms with E-state index in [4.69, 9.17) is 0 Å². The zero-order chi connectivity index (χ0) is 12.8. The number of rotatable bonds is 0. The highest BCUT2D eigenvalue weighted by molar-refractivity contribution is 6.02. The van der Waals surface area contributed by atoms with Crippen molar-refractivity contribution in [3.05, 3.63) is 36.7 Å². The molecular weight excluding hydrogens is 224 g/mol. The predicted octanol–water partition coefficient (Wildman–Crippen LogP) is 2.87. The highest BCUT2D eigenvalue weighted by atomic mass is 14.9. The lowest BCUT2D eigenvalue weighted by Gasteiger charge is -2.16. The number of aromatic nitrogens is 4. The number of hydrogen-bond acceptors (Lipinski definition) is 4. The molecule has 2 aromatic heterocycles. The first kappa shape index (κ1) is 11.0. The van der Waals surface area contributed by atoms with Crippen LogP contribution in [0.3, 0.4) is 0 Å². The molecule has 0 aliphatic rings. The minimum absolute atomic E-state index is 0.0468. The van der Waals surface area contributed by atoms with Crippen molar-refractivity contribution < 1.29 is 0 Å². The average Bonchev–Trinajstić information content (AvgIpc) is 2.37. The van der Waals surface area contributed by atoms with Crippen molar-refractivity contribution in [1.82, 2.24) is 19.9 Å². The maximum Gasteiger partial charge on any atom is 0.134 e. The summed E-state index contributed by atoms with van der Waals surface area (Å²) in [5, 5.41) is 1.99. The van der Waals surface area contributed by atoms with Gasteiger partial charge < -0.3 is 0 Å². The molecule has 4 heteroatoms. The summed E-state index contributed by atoms with van der Waals surface area (Å²) in [7, 11) is 0. The molecule has 0 amide bonds. The normalized spacial score (nSPS) is 12.2. The third kappa shape index (κ3) is 1.70. The Bertz CT molecular complexity index is 729. The molecule has 0 aliphatic carbocycles. The fourth-order valence-electron chi connectivity index (χ4n) is 1.92. The Morgan fingerprint density at radius 2 is 1.83 bits per heavy atom. The Labute approximate surface area is 105 Å². The van der Waals surface area contributed by atoms with Gasteiger partial charge in [0.05, 0.1) is 11.0 Å². The van der Waals surface area contributed by atoms with E-state index in [1.54, 1.807) is 12.5 Å². The Morgan fingerprint density at radius 3 is 2.61 bits per heavy atom. The Hall–Kier alpha value is -2.10. The summed E-state index contributed by atoms with van der Waals surface area (Å²) in [6.45, 7) is 6.33. The van der Waals surface area contributed by atoms with E-state index >= 15 is 0 Å². The van der Waals surface area contributed by atoms with E-state index in [1.165, 1.54) is 0 Å². The van der Waals surface area contributed by atoms with Gasteiger partial charge in [0.2, 0.25) is 0 Å². The van der Waals surface area contributed by atoms with Crippen LogP contribution in [0.5, 0.6) is 0 Å². The molecule has 0 atom stereocenters. The first-order valence-corrected chi connectivity index (χ1v) is 5.92. The minimum atomic E-state index is -0.0468. The summed E-state index contributed by atoms with van der Waals surface area (Å²) in [4.78, 5) is 17.4. The second-order valence-electron chi connectivity index (χ2n) is 5.40. The van der Waals surface area contributed by atoms with Crippen molar-refractivity contribution in [3.63, 3.8) is 0 Å². The summed E-state index contributed by atoms with van der Waals surface area (Å²) in [6.07, 6.45) is 5.22. The molecule has 0 radical (unpaired) electrons. The topological polar surface area (TPSA) is 51.6 Å². The molecule has 0 spiro atoms. The van der Waals surface area contributed by atoms with E-state index < -0.39 is 0 Å². The van der Waals surface area contributed by atoms with Gasteiger partial charge in [-0.05, 0) is 12.1 Å². The van der Waals surface area contributed by atoms with Crippen LogP contribution in [-0.2, 0) is 5.41 Å². The standard InChI is InChI=1S/C14H14N4/c1-14(2,3)13-16-7-10-11(18-13)5-4-9-6-15-8-17-12(9)10/h4-8H,1-3H3. The van der Waals surface area contributed by atoms with Crippen LogP contribution in [0.1, 0.15) is 26.6 Å². The Morgan fingerprint density at radius 1 is 1.00 bits per heavy atom. The van der Waals surface area contributed by atoms with E-state index in [2.05, 4.69) is 40.7 Å². The average molecular weight is 238 g/mol. The first-order valence-electron chi connectivity index (χ1n) is 5.92. The van der Waals surface area contributed by atoms with Crippen LogP contribution in [0.4, 0.5) is 0 Å². The molecule has 1 aromatic carbocycles. The summed E-state index contributed by atoms with van der Waals surface area (Å²) < 4.78 is 0. The SMILES string of the molecule is CC(C)(C)c1ncc2c(ccc3cncnc32)n1. The van der Waals surface area contributed by atoms with Gasteiger partial charge in [0.1, 0.15) is 12.2 Å². The summed E-state index contributed by atoms with van der Waals surface area (Å²) >= 11 is 0. The second-order valence-corrected chi connectivity index (χ2v) is 5.40. The molecule has 18 heavy (non-hydrogen) atoms. The maximum atomic E-state index is 4.63. The second kappa shape index (κ2) is 3.70. The molecule has 0 unspecified atom stereocenters. The van der Waals surface area contributed by atoms with E-state index in [1.807, 2.05) is 18.3 Å². The molecule has 4 nitrogen and oxygen atoms in total. The summed E-state index contributed by atoms with van der Waals surface area (Å²) in [6, 6.07) is 4.00. The first-order chi connectivity index (χ1) is 8.55. The third-order valence-corrected chi connectivity index (χ3v) is 2.91. The van der Waals surface area contributed by atoms with Crippen LogP contribution >= 0.6 is 0 Å². The fraction of sp³-hybridized carbons (Fsp3) is 0.286. The number of fused-ring (bicyclic) bond motifs is 3. The van der Waals surface area contributed by atoms with Crippen LogP contribution < -0.4 is 0 Å². The summed E-state index contributed by atoms with van der Waals surface area (Å²) in [5.41, 5.74) is 1.79. The van der Waals surface area contributed by atoms with Gasteiger partial charge in [0.25, 0.3) is 0 Å². The lowest BCUT2D eigenvalue weighted by Crippen LogP contribution is -2.15. The van der Waals surface area contributed by atoms with Gasteiger partial charge in [-0.15, -0.1) is 0 Å². The van der Waals surface area contributed by atoms with Crippen molar-refractivity contribution >= 4 is 21.8 Å². The van der Waals surface area contributed by atoms with E-state index in [9.17, 15) is 0 Å². The van der Waals surface area contributed by atoms with Gasteiger partial charge in [-0.2, -0.15) is 0 Å². The number of hydrogen-bond donors (Lipinski definition) is 0. The van der Waals surface area contributed by atoms with Gasteiger partial charge in [-0.1, -0.05) is 20.8 Å². The molecule has 3 rings (SSSR count). The molecular formula is C14H14N4. The maximum absolute atomic E-state index is 4.63. The zero-order valence-corrected chi connectivity index (χ0v) is 10.7. The van der Waals surface area contributed by atoms with Crippen molar-refractivity contribution in [2.24, 2.45) is 0 Å². The van der Waals surface area contributed by atoms with Gasteiger partial charge in [-0.3, -0.25) is 0 Å². The van der Waals surface area contributed by atoms with Crippen molar-refractivity contribution in [2.75, 3.05) is 0 Å². The van der Waals surface area contributed by atoms with Crippen LogP contribution in [0.15, 0.2) is 30.9 Å². The third-order valence-electron chi connectivity index (χ3n) is 2.91. The molecule has 0 bridgehead atoms. The molecule has 0 fully saturated rings. The van der Waals surface area contributed by atoms with Crippen LogP contribution in [0.2, 0.25) is 0 Å². The van der Waals surface area contributed by atoms with Crippen LogP contribution in [0, 0.1) is 0 Å². The van der Waals surface area contributed by atoms with Crippen molar-refractivity contribution in [2.45, 2.75) is 26.2 Å². The molecule has 2 heterocycles. The minimum Gasteiger partial charge on any atom is -0.244 e. The fourth-order valence-corrected chi connectivity index (χ4v) is 1.92. The highest BCUT2D eigenvalue weighted by Crippen LogP contribution is 2.24. The van der Waals surface area contributed by atoms with Crippen molar-refractivity contribution in [1.29, 1.82) is 0 Å². The molecule has 0 saturated carbocycles. The van der Waals surface area contributed by atoms with Gasteiger partial charge in [0, 0.05) is 28.6 Å². The van der Waals surface area contributed by atoms with E-state index in [0.29, 0.717) is 0 Å². The molecule has 0 saturated heterocycles. The molecule has 3 aromatic rings. The molecule has 0 N–H and O–H groups in total. The number of benzene rings is 1. The summed E-state index contributed by atoms with van der Waals surface area (Å²) in [5.74, 6) is 0.850. The van der Waals surface area contributed by atoms with E-state index in [0.717, 1.165) is 27.6 Å². The lowest BCUT2D eigenvalue weighted by molar-refractivity contribution is 0.548. The smallest absolute Gasteiger partial charge is 0.134 e. The molecule has 90 valence electrons. The highest BCUT2D eigenvalue weighted by Gasteiger charge is 2.17. The van der Waals surface area contributed by atoms with Gasteiger partial charge >= 0.3 is 0 Å². The van der Waals surface area contributed by atoms with Crippen LogP contribution in [0.25, 0.3) is 21.8 Å². The van der Waals surface area contributed by atoms with Gasteiger partial charge in [-0.25, -0.2) is 19.9 Å². The predicted molar refractivity (Wildman–Crippen MR) is 71.3 cm³/mol. The lowest BCUT2D eigenvalue weighted by atomic mass is 9.95. The largest absolute Gasteiger partial charge is 0.244 e. The van der Waals surface area contributed by atoms with Crippen LogP contribution in [-0.4, -0.2) is 19.9 Å².